The molecule has 1 aromatic rings. The van der Waals surface area contributed by atoms with Crippen molar-refractivity contribution in [2.24, 2.45) is 10.4 Å². The van der Waals surface area contributed by atoms with E-state index in [1.807, 2.05) is 12.1 Å². The lowest BCUT2D eigenvalue weighted by molar-refractivity contribution is -0.119. The van der Waals surface area contributed by atoms with Gasteiger partial charge in [0.15, 0.2) is 0 Å². The minimum Gasteiger partial charge on any atom is -0.487 e. The number of nitrogens with one attached hydrogen (secondary N) is 4. The van der Waals surface area contributed by atoms with Gasteiger partial charge >= 0.3 is 0 Å². The molecule has 0 aromatic heterocycles. The van der Waals surface area contributed by atoms with Gasteiger partial charge in [-0.3, -0.25) is 9.59 Å². The smallest absolute Gasteiger partial charge is 0.261 e. The molecule has 178 valence electrons. The number of aliphatic imine (C=N–C) groups is 1. The highest BCUT2D eigenvalue weighted by Crippen LogP contribution is 2.44. The zero-order chi connectivity index (χ0) is 23.9. The second-order valence-corrected chi connectivity index (χ2v) is 10.1. The largest absolute Gasteiger partial charge is 0.487 e. The normalized spacial score (nSPS) is 23.1. The first-order chi connectivity index (χ1) is 16.3. The van der Waals surface area contributed by atoms with Gasteiger partial charge in [-0.05, 0) is 44.2 Å². The minimum absolute atomic E-state index is 0.0299. The summed E-state index contributed by atoms with van der Waals surface area (Å²) in [5.74, 6) is 0.907. The van der Waals surface area contributed by atoms with Crippen LogP contribution in [0.3, 0.4) is 0 Å². The highest BCUT2D eigenvalue weighted by molar-refractivity contribution is 6.18. The standard InChI is InChI=1S/C25H30N6O3/c1-24(2)12-16-10-18(30-23(33)17(14-26)22-27-6-3-7-28-22)19(11-20(16)34-24)31-8-4-25(5-9-31)13-21(32)29-15-25/h3,6-7,10-11,14,26-27H,4-5,8-9,12-13,15H2,1-2H3,(H,29,32)(H,30,33)/b22-17-,26-14?. The van der Waals surface area contributed by atoms with E-state index in [1.54, 1.807) is 18.5 Å². The number of ether oxygens (including phenoxy) is 1. The molecule has 2 saturated heterocycles. The van der Waals surface area contributed by atoms with Crippen LogP contribution in [-0.2, 0) is 16.0 Å². The fourth-order valence-corrected chi connectivity index (χ4v) is 5.23. The molecular formula is C25H30N6O3. The van der Waals surface area contributed by atoms with Gasteiger partial charge in [-0.2, -0.15) is 0 Å². The van der Waals surface area contributed by atoms with Crippen molar-refractivity contribution in [1.29, 1.82) is 5.41 Å². The van der Waals surface area contributed by atoms with Gasteiger partial charge < -0.3 is 31.0 Å². The van der Waals surface area contributed by atoms with Crippen molar-refractivity contribution in [2.45, 2.75) is 45.1 Å². The molecule has 4 heterocycles. The van der Waals surface area contributed by atoms with E-state index in [2.05, 4.69) is 39.7 Å². The van der Waals surface area contributed by atoms with E-state index in [4.69, 9.17) is 10.1 Å². The maximum Gasteiger partial charge on any atom is 0.261 e. The third kappa shape index (κ3) is 4.18. The predicted octanol–water partition coefficient (Wildman–Crippen LogP) is 2.49. The molecule has 34 heavy (non-hydrogen) atoms. The minimum atomic E-state index is -0.400. The van der Waals surface area contributed by atoms with Crippen LogP contribution in [0.15, 0.2) is 40.8 Å². The molecule has 1 spiro atoms. The van der Waals surface area contributed by atoms with Crippen LogP contribution in [0.5, 0.6) is 5.75 Å². The average Bonchev–Trinajstić information content (AvgIpc) is 3.32. The Morgan fingerprint density at radius 1 is 1.26 bits per heavy atom. The van der Waals surface area contributed by atoms with E-state index in [0.29, 0.717) is 17.9 Å². The van der Waals surface area contributed by atoms with Crippen molar-refractivity contribution in [3.05, 3.63) is 41.4 Å². The molecule has 0 saturated carbocycles. The number of amides is 2. The van der Waals surface area contributed by atoms with Crippen molar-refractivity contribution in [1.82, 2.24) is 10.6 Å². The number of rotatable bonds is 4. The second kappa shape index (κ2) is 8.30. The van der Waals surface area contributed by atoms with Crippen LogP contribution in [0.4, 0.5) is 11.4 Å². The van der Waals surface area contributed by atoms with E-state index in [9.17, 15) is 9.59 Å². The molecule has 0 bridgehead atoms. The first-order valence-electron chi connectivity index (χ1n) is 11.7. The van der Waals surface area contributed by atoms with Crippen LogP contribution in [0.1, 0.15) is 38.7 Å². The van der Waals surface area contributed by atoms with Crippen LogP contribution < -0.4 is 25.6 Å². The molecule has 4 aliphatic heterocycles. The summed E-state index contributed by atoms with van der Waals surface area (Å²) in [6.45, 7) is 6.42. The number of nitrogens with zero attached hydrogens (tertiary/aromatic N) is 2. The van der Waals surface area contributed by atoms with Crippen LogP contribution in [-0.4, -0.2) is 49.5 Å². The molecule has 4 aliphatic rings. The highest BCUT2D eigenvalue weighted by atomic mass is 16.5. The lowest BCUT2D eigenvalue weighted by atomic mass is 9.77. The zero-order valence-electron chi connectivity index (χ0n) is 19.5. The molecule has 0 radical (unpaired) electrons. The van der Waals surface area contributed by atoms with Crippen LogP contribution in [0, 0.1) is 10.8 Å². The Hall–Kier alpha value is -3.62. The van der Waals surface area contributed by atoms with Gasteiger partial charge in [-0.15, -0.1) is 0 Å². The number of benzene rings is 1. The van der Waals surface area contributed by atoms with Crippen molar-refractivity contribution in [3.8, 4) is 5.75 Å². The summed E-state index contributed by atoms with van der Waals surface area (Å²) in [5.41, 5.74) is 2.50. The predicted molar refractivity (Wildman–Crippen MR) is 132 cm³/mol. The summed E-state index contributed by atoms with van der Waals surface area (Å²) in [4.78, 5) is 31.5. The fraction of sp³-hybridized carbons (Fsp3) is 0.440. The lowest BCUT2D eigenvalue weighted by Crippen LogP contribution is -2.41. The molecule has 5 rings (SSSR count). The molecule has 0 aliphatic carbocycles. The molecule has 2 fully saturated rings. The van der Waals surface area contributed by atoms with Crippen molar-refractivity contribution < 1.29 is 14.3 Å². The number of hydrogen-bond donors (Lipinski definition) is 4. The van der Waals surface area contributed by atoms with E-state index in [0.717, 1.165) is 62.1 Å². The quantitative estimate of drug-likeness (QED) is 0.405. The Morgan fingerprint density at radius 3 is 2.71 bits per heavy atom. The molecule has 0 atom stereocenters. The average molecular weight is 463 g/mol. The van der Waals surface area contributed by atoms with Gasteiger partial charge in [0.1, 0.15) is 17.2 Å². The summed E-state index contributed by atoms with van der Waals surface area (Å²) in [6, 6.07) is 4.01. The fourth-order valence-electron chi connectivity index (χ4n) is 5.23. The van der Waals surface area contributed by atoms with Gasteiger partial charge in [0.2, 0.25) is 5.91 Å². The summed E-state index contributed by atoms with van der Waals surface area (Å²) >= 11 is 0. The van der Waals surface area contributed by atoms with Gasteiger partial charge in [-0.25, -0.2) is 4.99 Å². The van der Waals surface area contributed by atoms with Gasteiger partial charge in [0.25, 0.3) is 5.91 Å². The third-order valence-corrected chi connectivity index (χ3v) is 7.04. The van der Waals surface area contributed by atoms with Gasteiger partial charge in [0, 0.05) is 62.7 Å². The zero-order valence-corrected chi connectivity index (χ0v) is 19.5. The SMILES string of the molecule is CC1(C)Cc2cc(NC(=O)/C(C=N)=C3\N=CC=CN3)c(N3CCC4(CC3)CNC(=O)C4)cc2O1. The third-order valence-electron chi connectivity index (χ3n) is 7.04. The molecular weight excluding hydrogens is 432 g/mol. The molecule has 1 aromatic carbocycles. The topological polar surface area (TPSA) is 119 Å². The Kier molecular flexibility index (Phi) is 5.42. The van der Waals surface area contributed by atoms with Crippen LogP contribution >= 0.6 is 0 Å². The van der Waals surface area contributed by atoms with Crippen LogP contribution in [0.25, 0.3) is 0 Å². The maximum absolute atomic E-state index is 13.2. The first-order valence-corrected chi connectivity index (χ1v) is 11.7. The van der Waals surface area contributed by atoms with E-state index in [-0.39, 0.29) is 22.5 Å². The maximum atomic E-state index is 13.2. The van der Waals surface area contributed by atoms with Gasteiger partial charge in [0.05, 0.1) is 16.9 Å². The number of piperidine rings is 1. The van der Waals surface area contributed by atoms with Crippen LogP contribution in [0.2, 0.25) is 0 Å². The van der Waals surface area contributed by atoms with Crippen molar-refractivity contribution >= 4 is 35.6 Å². The lowest BCUT2D eigenvalue weighted by Gasteiger charge is -2.40. The Morgan fingerprint density at radius 2 is 2.06 bits per heavy atom. The number of carbonyl (C=O) groups excluding carboxylic acids is 2. The number of carbonyl (C=O) groups is 2. The molecule has 2 amide bonds. The summed E-state index contributed by atoms with van der Waals surface area (Å²) in [7, 11) is 0. The van der Waals surface area contributed by atoms with E-state index < -0.39 is 5.91 Å². The highest BCUT2D eigenvalue weighted by Gasteiger charge is 2.41. The van der Waals surface area contributed by atoms with E-state index in [1.165, 1.54) is 0 Å². The molecule has 9 nitrogen and oxygen atoms in total. The van der Waals surface area contributed by atoms with Crippen molar-refractivity contribution in [3.63, 3.8) is 0 Å². The Labute approximate surface area is 198 Å². The number of fused-ring (bicyclic) bond motifs is 1. The molecule has 4 N–H and O–H groups in total. The number of allylic oxidation sites excluding steroid dienone is 1. The molecule has 9 heteroatoms. The Bertz CT molecular complexity index is 1140. The summed E-state index contributed by atoms with van der Waals surface area (Å²) < 4.78 is 6.18. The summed E-state index contributed by atoms with van der Waals surface area (Å²) in [5, 5.41) is 16.7. The Balaban J connectivity index is 1.44. The monoisotopic (exact) mass is 462 g/mol. The van der Waals surface area contributed by atoms with E-state index >= 15 is 0 Å². The first kappa shape index (κ1) is 22.2. The van der Waals surface area contributed by atoms with Crippen molar-refractivity contribution in [2.75, 3.05) is 29.9 Å². The number of hydrogen-bond acceptors (Lipinski definition) is 7. The van der Waals surface area contributed by atoms with Gasteiger partial charge in [-0.1, -0.05) is 0 Å². The summed E-state index contributed by atoms with van der Waals surface area (Å²) in [6.07, 6.45) is 9.14. The molecule has 0 unspecified atom stereocenters. The second-order valence-electron chi connectivity index (χ2n) is 10.1. The number of anilines is 2.